The molecule has 0 spiro atoms. The molecule has 2 aromatic rings. The van der Waals surface area contributed by atoms with Gasteiger partial charge in [-0.05, 0) is 24.6 Å². The molecule has 0 unspecified atom stereocenters. The summed E-state index contributed by atoms with van der Waals surface area (Å²) in [6.45, 7) is 7.16. The Morgan fingerprint density at radius 2 is 1.64 bits per heavy atom. The van der Waals surface area contributed by atoms with Crippen LogP contribution in [-0.2, 0) is 4.79 Å². The zero-order valence-corrected chi connectivity index (χ0v) is 24.4. The fourth-order valence-corrected chi connectivity index (χ4v) is 5.11. The number of para-hydroxylation sites is 1. The minimum atomic E-state index is -0.0852. The number of ether oxygens (including phenoxy) is 1. The first kappa shape index (κ1) is 30.7. The first-order chi connectivity index (χ1) is 19.0. The topological polar surface area (TPSA) is 53.1 Å². The maximum atomic E-state index is 13.4. The van der Waals surface area contributed by atoms with Crippen LogP contribution in [0.25, 0.3) is 6.08 Å². The minimum absolute atomic E-state index is 0.0852. The van der Waals surface area contributed by atoms with E-state index in [1.807, 2.05) is 58.4 Å². The molecular formula is C32H44ClN3O3. The van der Waals surface area contributed by atoms with Gasteiger partial charge in [0.2, 0.25) is 5.91 Å². The molecule has 0 bridgehead atoms. The molecule has 2 amide bonds. The zero-order valence-electron chi connectivity index (χ0n) is 23.6. The third-order valence-electron chi connectivity index (χ3n) is 7.31. The lowest BCUT2D eigenvalue weighted by molar-refractivity contribution is -0.133. The van der Waals surface area contributed by atoms with Gasteiger partial charge in [0.15, 0.2) is 0 Å². The smallest absolute Gasteiger partial charge is 0.255 e. The first-order valence-electron chi connectivity index (χ1n) is 14.4. The molecule has 0 aliphatic carbocycles. The Morgan fingerprint density at radius 3 is 2.38 bits per heavy atom. The molecular weight excluding hydrogens is 510 g/mol. The van der Waals surface area contributed by atoms with Crippen molar-refractivity contribution >= 4 is 29.5 Å². The van der Waals surface area contributed by atoms with E-state index in [1.54, 1.807) is 19.2 Å². The highest BCUT2D eigenvalue weighted by Gasteiger charge is 2.23. The highest BCUT2D eigenvalue weighted by molar-refractivity contribution is 6.33. The largest absolute Gasteiger partial charge is 0.496 e. The molecule has 0 atom stereocenters. The van der Waals surface area contributed by atoms with Crippen LogP contribution in [0.3, 0.4) is 0 Å². The number of piperazine rings is 1. The molecule has 1 aliphatic rings. The van der Waals surface area contributed by atoms with E-state index in [0.717, 1.165) is 56.9 Å². The number of unbranched alkanes of at least 4 members (excludes halogenated alkanes) is 5. The minimum Gasteiger partial charge on any atom is -0.496 e. The Balaban J connectivity index is 1.52. The number of halogens is 1. The number of carbonyl (C=O) groups excluding carboxylic acids is 2. The second-order valence-electron chi connectivity index (χ2n) is 10.1. The van der Waals surface area contributed by atoms with E-state index in [2.05, 4.69) is 11.8 Å². The number of hydrogen-bond acceptors (Lipinski definition) is 4. The average Bonchev–Trinajstić information content (AvgIpc) is 2.97. The molecule has 1 heterocycles. The maximum Gasteiger partial charge on any atom is 0.255 e. The van der Waals surface area contributed by atoms with Crippen molar-refractivity contribution < 1.29 is 14.3 Å². The van der Waals surface area contributed by atoms with Crippen LogP contribution in [0, 0.1) is 0 Å². The number of rotatable bonds is 15. The molecule has 0 aromatic heterocycles. The van der Waals surface area contributed by atoms with Crippen LogP contribution in [-0.4, -0.2) is 79.4 Å². The fourth-order valence-electron chi connectivity index (χ4n) is 4.89. The summed E-state index contributed by atoms with van der Waals surface area (Å²) >= 11 is 6.37. The van der Waals surface area contributed by atoms with Gasteiger partial charge < -0.3 is 14.5 Å². The highest BCUT2D eigenvalue weighted by Crippen LogP contribution is 2.20. The monoisotopic (exact) mass is 553 g/mol. The Labute approximate surface area is 239 Å². The van der Waals surface area contributed by atoms with Crippen LogP contribution in [0.2, 0.25) is 5.02 Å². The SMILES string of the molecule is CCCCCCCCC(=O)N1CCN(CCN(CC=Cc2ccccc2OC)C(=O)c2ccccc2Cl)CC1. The molecule has 1 aliphatic heterocycles. The number of carbonyl (C=O) groups is 2. The maximum absolute atomic E-state index is 13.4. The molecule has 212 valence electrons. The van der Waals surface area contributed by atoms with Crippen molar-refractivity contribution in [2.24, 2.45) is 0 Å². The Morgan fingerprint density at radius 1 is 0.949 bits per heavy atom. The molecule has 6 nitrogen and oxygen atoms in total. The van der Waals surface area contributed by atoms with Crippen LogP contribution < -0.4 is 4.74 Å². The van der Waals surface area contributed by atoms with Crippen molar-refractivity contribution in [3.63, 3.8) is 0 Å². The van der Waals surface area contributed by atoms with Crippen LogP contribution in [0.1, 0.15) is 67.8 Å². The summed E-state index contributed by atoms with van der Waals surface area (Å²) in [5.74, 6) is 0.988. The highest BCUT2D eigenvalue weighted by atomic mass is 35.5. The molecule has 1 saturated heterocycles. The Bertz CT molecular complexity index is 1070. The number of hydrogen-bond donors (Lipinski definition) is 0. The van der Waals surface area contributed by atoms with Gasteiger partial charge in [-0.3, -0.25) is 14.5 Å². The van der Waals surface area contributed by atoms with Gasteiger partial charge in [0.25, 0.3) is 5.91 Å². The lowest BCUT2D eigenvalue weighted by atomic mass is 10.1. The van der Waals surface area contributed by atoms with Crippen LogP contribution in [0.5, 0.6) is 5.75 Å². The van der Waals surface area contributed by atoms with Gasteiger partial charge in [-0.15, -0.1) is 0 Å². The third kappa shape index (κ3) is 10.0. The summed E-state index contributed by atoms with van der Waals surface area (Å²) in [5.41, 5.74) is 1.47. The van der Waals surface area contributed by atoms with Crippen molar-refractivity contribution in [3.05, 3.63) is 70.8 Å². The van der Waals surface area contributed by atoms with Crippen molar-refractivity contribution in [1.29, 1.82) is 0 Å². The Hall–Kier alpha value is -2.83. The summed E-state index contributed by atoms with van der Waals surface area (Å²) in [5, 5.41) is 0.457. The van der Waals surface area contributed by atoms with Gasteiger partial charge >= 0.3 is 0 Å². The lowest BCUT2D eigenvalue weighted by Gasteiger charge is -2.36. The molecule has 0 saturated carbocycles. The van der Waals surface area contributed by atoms with Crippen molar-refractivity contribution in [1.82, 2.24) is 14.7 Å². The summed E-state index contributed by atoms with van der Waals surface area (Å²) in [6.07, 6.45) is 11.8. The number of amides is 2. The number of benzene rings is 2. The number of nitrogens with zero attached hydrogens (tertiary/aromatic N) is 3. The van der Waals surface area contributed by atoms with Gasteiger partial charge in [-0.1, -0.05) is 93.1 Å². The van der Waals surface area contributed by atoms with E-state index in [-0.39, 0.29) is 11.8 Å². The molecule has 1 fully saturated rings. The first-order valence-corrected chi connectivity index (χ1v) is 14.7. The summed E-state index contributed by atoms with van der Waals surface area (Å²) in [6, 6.07) is 15.0. The molecule has 0 radical (unpaired) electrons. The summed E-state index contributed by atoms with van der Waals surface area (Å²) < 4.78 is 5.45. The van der Waals surface area contributed by atoms with E-state index in [1.165, 1.54) is 25.7 Å². The van der Waals surface area contributed by atoms with Crippen LogP contribution >= 0.6 is 11.6 Å². The predicted octanol–water partition coefficient (Wildman–Crippen LogP) is 6.40. The van der Waals surface area contributed by atoms with Gasteiger partial charge in [-0.2, -0.15) is 0 Å². The van der Waals surface area contributed by atoms with Crippen molar-refractivity contribution in [2.75, 3.05) is 52.9 Å². The van der Waals surface area contributed by atoms with Gasteiger partial charge in [0, 0.05) is 57.8 Å². The van der Waals surface area contributed by atoms with Crippen LogP contribution in [0.4, 0.5) is 0 Å². The second kappa shape index (κ2) is 17.0. The van der Waals surface area contributed by atoms with E-state index < -0.39 is 0 Å². The second-order valence-corrected chi connectivity index (χ2v) is 10.5. The molecule has 0 N–H and O–H groups in total. The standard InChI is InChI=1S/C32H44ClN3O3/c1-3-4-5-6-7-8-19-31(37)35-24-21-34(22-25-35)23-26-36(32(38)28-16-10-11-17-29(28)33)20-13-15-27-14-9-12-18-30(27)39-2/h9-18H,3-8,19-26H2,1-2H3. The molecule has 2 aromatic carbocycles. The van der Waals surface area contributed by atoms with E-state index in [4.69, 9.17) is 16.3 Å². The molecule has 7 heteroatoms. The van der Waals surface area contributed by atoms with Crippen molar-refractivity contribution in [3.8, 4) is 5.75 Å². The lowest BCUT2D eigenvalue weighted by Crippen LogP contribution is -2.50. The summed E-state index contributed by atoms with van der Waals surface area (Å²) in [4.78, 5) is 32.3. The van der Waals surface area contributed by atoms with Gasteiger partial charge in [0.05, 0.1) is 17.7 Å². The van der Waals surface area contributed by atoms with Gasteiger partial charge in [-0.25, -0.2) is 0 Å². The van der Waals surface area contributed by atoms with Crippen LogP contribution in [0.15, 0.2) is 54.6 Å². The molecule has 3 rings (SSSR count). The predicted molar refractivity (Wildman–Crippen MR) is 160 cm³/mol. The van der Waals surface area contributed by atoms with E-state index in [9.17, 15) is 9.59 Å². The Kier molecular flexibility index (Phi) is 13.4. The fraction of sp³-hybridized carbons (Fsp3) is 0.500. The van der Waals surface area contributed by atoms with E-state index >= 15 is 0 Å². The van der Waals surface area contributed by atoms with Crippen molar-refractivity contribution in [2.45, 2.75) is 51.9 Å². The summed E-state index contributed by atoms with van der Waals surface area (Å²) in [7, 11) is 1.65. The van der Waals surface area contributed by atoms with E-state index in [0.29, 0.717) is 30.1 Å². The zero-order chi connectivity index (χ0) is 27.9. The average molecular weight is 554 g/mol. The number of methoxy groups -OCH3 is 1. The third-order valence-corrected chi connectivity index (χ3v) is 7.64. The van der Waals surface area contributed by atoms with Gasteiger partial charge in [0.1, 0.15) is 5.75 Å². The normalized spacial score (nSPS) is 14.1. The molecule has 39 heavy (non-hydrogen) atoms. The quantitative estimate of drug-likeness (QED) is 0.239.